The Bertz CT molecular complexity index is 86.7. The highest BCUT2D eigenvalue weighted by Gasteiger charge is 1.93. The van der Waals surface area contributed by atoms with Crippen LogP contribution in [0.4, 0.5) is 0 Å². The maximum atomic E-state index is 5.38. The Morgan fingerprint density at radius 2 is 2.20 bits per heavy atom. The third-order valence-corrected chi connectivity index (χ3v) is 1.56. The molecular weight excluding hydrogens is 122 g/mol. The number of hydrogen-bond donors (Lipinski definition) is 1. The molecule has 0 spiro atoms. The van der Waals surface area contributed by atoms with E-state index < -0.39 is 0 Å². The SMILES string of the molecule is CC/C=C\C(C)CCCN. The molecule has 2 N–H and O–H groups in total. The van der Waals surface area contributed by atoms with Crippen molar-refractivity contribution in [1.29, 1.82) is 0 Å². The topological polar surface area (TPSA) is 26.0 Å². The van der Waals surface area contributed by atoms with Gasteiger partial charge in [-0.3, -0.25) is 0 Å². The van der Waals surface area contributed by atoms with Gasteiger partial charge >= 0.3 is 0 Å². The molecule has 0 radical (unpaired) electrons. The molecule has 0 bridgehead atoms. The number of rotatable bonds is 5. The van der Waals surface area contributed by atoms with Crippen LogP contribution in [-0.4, -0.2) is 6.54 Å². The summed E-state index contributed by atoms with van der Waals surface area (Å²) in [6.45, 7) is 5.22. The lowest BCUT2D eigenvalue weighted by Gasteiger charge is -2.02. The summed E-state index contributed by atoms with van der Waals surface area (Å²) in [5, 5.41) is 0. The monoisotopic (exact) mass is 141 g/mol. The molecule has 0 aromatic heterocycles. The summed E-state index contributed by atoms with van der Waals surface area (Å²) in [5.74, 6) is 0.712. The second-order valence-corrected chi connectivity index (χ2v) is 2.74. The van der Waals surface area contributed by atoms with E-state index in [2.05, 4.69) is 26.0 Å². The zero-order valence-electron chi connectivity index (χ0n) is 7.14. The summed E-state index contributed by atoms with van der Waals surface area (Å²) in [5.41, 5.74) is 5.38. The van der Waals surface area contributed by atoms with E-state index in [-0.39, 0.29) is 0 Å². The van der Waals surface area contributed by atoms with Crippen molar-refractivity contribution < 1.29 is 0 Å². The molecule has 60 valence electrons. The molecule has 10 heavy (non-hydrogen) atoms. The van der Waals surface area contributed by atoms with E-state index in [9.17, 15) is 0 Å². The highest BCUT2D eigenvalue weighted by atomic mass is 14.5. The first-order valence-corrected chi connectivity index (χ1v) is 4.18. The standard InChI is InChI=1S/C9H19N/c1-3-4-6-9(2)7-5-8-10/h4,6,9H,3,5,7-8,10H2,1-2H3/b6-4-. The molecule has 0 aliphatic heterocycles. The molecule has 1 atom stereocenters. The second-order valence-electron chi connectivity index (χ2n) is 2.74. The van der Waals surface area contributed by atoms with Crippen LogP contribution in [0.15, 0.2) is 12.2 Å². The van der Waals surface area contributed by atoms with Crippen LogP contribution in [0.3, 0.4) is 0 Å². The van der Waals surface area contributed by atoms with Crippen LogP contribution in [0.1, 0.15) is 33.1 Å². The lowest BCUT2D eigenvalue weighted by atomic mass is 10.1. The number of hydrogen-bond acceptors (Lipinski definition) is 1. The number of nitrogens with two attached hydrogens (primary N) is 1. The average Bonchev–Trinajstić information content (AvgIpc) is 1.97. The molecule has 0 heterocycles. The van der Waals surface area contributed by atoms with Crippen molar-refractivity contribution in [3.8, 4) is 0 Å². The van der Waals surface area contributed by atoms with E-state index in [1.807, 2.05) is 0 Å². The van der Waals surface area contributed by atoms with E-state index in [1.54, 1.807) is 0 Å². The molecule has 0 aliphatic carbocycles. The molecule has 1 heteroatoms. The molecule has 1 unspecified atom stereocenters. The maximum absolute atomic E-state index is 5.38. The first-order valence-electron chi connectivity index (χ1n) is 4.18. The van der Waals surface area contributed by atoms with Crippen molar-refractivity contribution in [3.05, 3.63) is 12.2 Å². The Balaban J connectivity index is 3.24. The van der Waals surface area contributed by atoms with Crippen LogP contribution >= 0.6 is 0 Å². The van der Waals surface area contributed by atoms with E-state index in [0.717, 1.165) is 19.4 Å². The van der Waals surface area contributed by atoms with Crippen molar-refractivity contribution in [2.75, 3.05) is 6.54 Å². The van der Waals surface area contributed by atoms with Gasteiger partial charge < -0.3 is 5.73 Å². The van der Waals surface area contributed by atoms with Crippen molar-refractivity contribution in [1.82, 2.24) is 0 Å². The smallest absolute Gasteiger partial charge is 0.00771 e. The highest BCUT2D eigenvalue weighted by molar-refractivity contribution is 4.85. The van der Waals surface area contributed by atoms with E-state index >= 15 is 0 Å². The molecule has 0 rings (SSSR count). The van der Waals surface area contributed by atoms with Crippen molar-refractivity contribution in [2.24, 2.45) is 11.7 Å². The fourth-order valence-corrected chi connectivity index (χ4v) is 0.904. The van der Waals surface area contributed by atoms with Gasteiger partial charge in [0.25, 0.3) is 0 Å². The normalized spacial score (nSPS) is 14.3. The molecule has 0 fully saturated rings. The first kappa shape index (κ1) is 9.70. The van der Waals surface area contributed by atoms with Crippen LogP contribution in [0.2, 0.25) is 0 Å². The van der Waals surface area contributed by atoms with Crippen LogP contribution in [-0.2, 0) is 0 Å². The molecule has 1 nitrogen and oxygen atoms in total. The molecule has 0 aliphatic rings. The van der Waals surface area contributed by atoms with Gasteiger partial charge in [-0.25, -0.2) is 0 Å². The van der Waals surface area contributed by atoms with Gasteiger partial charge in [-0.2, -0.15) is 0 Å². The van der Waals surface area contributed by atoms with Gasteiger partial charge in [0.2, 0.25) is 0 Å². The quantitative estimate of drug-likeness (QED) is 0.584. The summed E-state index contributed by atoms with van der Waals surface area (Å²) < 4.78 is 0. The number of allylic oxidation sites excluding steroid dienone is 2. The predicted molar refractivity (Wildman–Crippen MR) is 46.9 cm³/mol. The van der Waals surface area contributed by atoms with Crippen molar-refractivity contribution in [2.45, 2.75) is 33.1 Å². The molecule has 0 aromatic carbocycles. The Hall–Kier alpha value is -0.300. The minimum Gasteiger partial charge on any atom is -0.330 e. The van der Waals surface area contributed by atoms with Gasteiger partial charge in [0.1, 0.15) is 0 Å². The van der Waals surface area contributed by atoms with Gasteiger partial charge in [-0.05, 0) is 31.7 Å². The first-order chi connectivity index (χ1) is 4.81. The van der Waals surface area contributed by atoms with Crippen molar-refractivity contribution in [3.63, 3.8) is 0 Å². The average molecular weight is 141 g/mol. The minimum absolute atomic E-state index is 0.712. The van der Waals surface area contributed by atoms with Crippen LogP contribution < -0.4 is 5.73 Å². The van der Waals surface area contributed by atoms with Crippen molar-refractivity contribution >= 4 is 0 Å². The van der Waals surface area contributed by atoms with E-state index in [0.29, 0.717) is 5.92 Å². The molecular formula is C9H19N. The maximum Gasteiger partial charge on any atom is -0.00771 e. The summed E-state index contributed by atoms with van der Waals surface area (Å²) in [4.78, 5) is 0. The molecule has 0 saturated carbocycles. The van der Waals surface area contributed by atoms with Crippen LogP contribution in [0.5, 0.6) is 0 Å². The lowest BCUT2D eigenvalue weighted by molar-refractivity contribution is 0.611. The zero-order chi connectivity index (χ0) is 7.82. The summed E-state index contributed by atoms with van der Waals surface area (Å²) in [6.07, 6.45) is 8.02. The Labute approximate surface area is 64.3 Å². The zero-order valence-corrected chi connectivity index (χ0v) is 7.14. The van der Waals surface area contributed by atoms with Crippen LogP contribution in [0, 0.1) is 5.92 Å². The van der Waals surface area contributed by atoms with Gasteiger partial charge in [-0.1, -0.05) is 26.0 Å². The van der Waals surface area contributed by atoms with Gasteiger partial charge in [0, 0.05) is 0 Å². The molecule has 0 amide bonds. The summed E-state index contributed by atoms with van der Waals surface area (Å²) in [7, 11) is 0. The van der Waals surface area contributed by atoms with Gasteiger partial charge in [0.15, 0.2) is 0 Å². The highest BCUT2D eigenvalue weighted by Crippen LogP contribution is 2.05. The molecule has 0 aromatic rings. The predicted octanol–water partition coefficient (Wildman–Crippen LogP) is 2.33. The minimum atomic E-state index is 0.712. The summed E-state index contributed by atoms with van der Waals surface area (Å²) >= 11 is 0. The molecule has 0 saturated heterocycles. The largest absolute Gasteiger partial charge is 0.330 e. The van der Waals surface area contributed by atoms with E-state index in [4.69, 9.17) is 5.73 Å². The second kappa shape index (κ2) is 6.81. The Kier molecular flexibility index (Phi) is 6.61. The third kappa shape index (κ3) is 5.83. The Morgan fingerprint density at radius 1 is 1.50 bits per heavy atom. The van der Waals surface area contributed by atoms with Crippen LogP contribution in [0.25, 0.3) is 0 Å². The van der Waals surface area contributed by atoms with Gasteiger partial charge in [0.05, 0.1) is 0 Å². The third-order valence-electron chi connectivity index (χ3n) is 1.56. The fraction of sp³-hybridized carbons (Fsp3) is 0.778. The summed E-state index contributed by atoms with van der Waals surface area (Å²) in [6, 6.07) is 0. The van der Waals surface area contributed by atoms with Gasteiger partial charge in [-0.15, -0.1) is 0 Å². The Morgan fingerprint density at radius 3 is 2.70 bits per heavy atom. The lowest BCUT2D eigenvalue weighted by Crippen LogP contribution is -2.00. The fourth-order valence-electron chi connectivity index (χ4n) is 0.904. The van der Waals surface area contributed by atoms with E-state index in [1.165, 1.54) is 6.42 Å².